The molecule has 6 heteroatoms. The Morgan fingerprint density at radius 2 is 1.86 bits per heavy atom. The van der Waals surface area contributed by atoms with Crippen LogP contribution in [-0.2, 0) is 13.0 Å². The van der Waals surface area contributed by atoms with E-state index < -0.39 is 0 Å². The molecule has 178 valence electrons. The SMILES string of the molecule is N#Cc1ccc2c(c1)CCN(CCC1CCC(NC(=O)c3cccc(-c4cncnc4)c3)CC1)C2. The van der Waals surface area contributed by atoms with Gasteiger partial charge < -0.3 is 5.32 Å². The van der Waals surface area contributed by atoms with Crippen molar-refractivity contribution in [3.8, 4) is 17.2 Å². The molecule has 1 fully saturated rings. The fourth-order valence-corrected chi connectivity index (χ4v) is 5.39. The van der Waals surface area contributed by atoms with E-state index >= 15 is 0 Å². The summed E-state index contributed by atoms with van der Waals surface area (Å²) in [6.07, 6.45) is 11.7. The van der Waals surface area contributed by atoms with Crippen LogP contribution >= 0.6 is 0 Å². The molecular formula is C29H31N5O. The van der Waals surface area contributed by atoms with Crippen LogP contribution in [0.3, 0.4) is 0 Å². The van der Waals surface area contributed by atoms with E-state index in [0.29, 0.717) is 5.56 Å². The lowest BCUT2D eigenvalue weighted by molar-refractivity contribution is 0.0919. The first-order valence-electron chi connectivity index (χ1n) is 12.6. The van der Waals surface area contributed by atoms with Gasteiger partial charge in [-0.15, -0.1) is 0 Å². The largest absolute Gasteiger partial charge is 0.349 e. The molecule has 2 aliphatic rings. The summed E-state index contributed by atoms with van der Waals surface area (Å²) in [6, 6.07) is 16.3. The van der Waals surface area contributed by atoms with Crippen molar-refractivity contribution in [3.05, 3.63) is 83.4 Å². The van der Waals surface area contributed by atoms with Crippen LogP contribution in [0.15, 0.2) is 61.2 Å². The minimum absolute atomic E-state index is 0.00122. The van der Waals surface area contributed by atoms with Crippen LogP contribution in [-0.4, -0.2) is 39.9 Å². The normalized spacial score (nSPS) is 20.0. The van der Waals surface area contributed by atoms with Gasteiger partial charge in [-0.3, -0.25) is 9.69 Å². The summed E-state index contributed by atoms with van der Waals surface area (Å²) in [5, 5.41) is 12.4. The summed E-state index contributed by atoms with van der Waals surface area (Å²) in [4.78, 5) is 23.6. The van der Waals surface area contributed by atoms with E-state index in [0.717, 1.165) is 61.5 Å². The third-order valence-electron chi connectivity index (χ3n) is 7.48. The number of rotatable bonds is 6. The predicted molar refractivity (Wildman–Crippen MR) is 135 cm³/mol. The summed E-state index contributed by atoms with van der Waals surface area (Å²) in [5.41, 5.74) is 6.00. The molecule has 1 N–H and O–H groups in total. The zero-order valence-electron chi connectivity index (χ0n) is 20.0. The lowest BCUT2D eigenvalue weighted by Crippen LogP contribution is -2.38. The summed E-state index contributed by atoms with van der Waals surface area (Å²) < 4.78 is 0. The summed E-state index contributed by atoms with van der Waals surface area (Å²) in [5.74, 6) is 0.727. The minimum atomic E-state index is -0.00122. The number of nitrogens with one attached hydrogen (secondary N) is 1. The highest BCUT2D eigenvalue weighted by Crippen LogP contribution is 2.29. The van der Waals surface area contributed by atoms with Gasteiger partial charge in [0.05, 0.1) is 11.6 Å². The highest BCUT2D eigenvalue weighted by Gasteiger charge is 2.24. The van der Waals surface area contributed by atoms with Crippen molar-refractivity contribution < 1.29 is 4.79 Å². The van der Waals surface area contributed by atoms with E-state index in [1.54, 1.807) is 12.4 Å². The maximum Gasteiger partial charge on any atom is 0.251 e. The van der Waals surface area contributed by atoms with E-state index in [1.807, 2.05) is 30.3 Å². The van der Waals surface area contributed by atoms with Crippen molar-refractivity contribution in [2.75, 3.05) is 13.1 Å². The topological polar surface area (TPSA) is 81.9 Å². The molecule has 5 rings (SSSR count). The van der Waals surface area contributed by atoms with Crippen LogP contribution in [0.4, 0.5) is 0 Å². The summed E-state index contributed by atoms with van der Waals surface area (Å²) in [7, 11) is 0. The van der Waals surface area contributed by atoms with Gasteiger partial charge in [0.1, 0.15) is 6.33 Å². The van der Waals surface area contributed by atoms with Gasteiger partial charge in [0.25, 0.3) is 5.91 Å². The monoisotopic (exact) mass is 465 g/mol. The average molecular weight is 466 g/mol. The smallest absolute Gasteiger partial charge is 0.251 e. The molecule has 0 atom stereocenters. The number of benzene rings is 2. The molecule has 6 nitrogen and oxygen atoms in total. The second-order valence-electron chi connectivity index (χ2n) is 9.81. The van der Waals surface area contributed by atoms with E-state index in [-0.39, 0.29) is 11.9 Å². The predicted octanol–water partition coefficient (Wildman–Crippen LogP) is 4.75. The van der Waals surface area contributed by atoms with Crippen LogP contribution in [0.25, 0.3) is 11.1 Å². The number of carbonyl (C=O) groups excluding carboxylic acids is 1. The van der Waals surface area contributed by atoms with Crippen LogP contribution in [0, 0.1) is 17.2 Å². The highest BCUT2D eigenvalue weighted by molar-refractivity contribution is 5.95. The fraction of sp³-hybridized carbons (Fsp3) is 0.379. The van der Waals surface area contributed by atoms with E-state index in [9.17, 15) is 4.79 Å². The Morgan fingerprint density at radius 3 is 2.66 bits per heavy atom. The lowest BCUT2D eigenvalue weighted by Gasteiger charge is -2.33. The molecular weight excluding hydrogens is 434 g/mol. The first-order chi connectivity index (χ1) is 17.2. The van der Waals surface area contributed by atoms with Crippen molar-refractivity contribution in [1.29, 1.82) is 5.26 Å². The Kier molecular flexibility index (Phi) is 7.15. The third kappa shape index (κ3) is 5.75. The molecule has 0 bridgehead atoms. The van der Waals surface area contributed by atoms with Crippen molar-refractivity contribution in [1.82, 2.24) is 20.2 Å². The molecule has 1 amide bonds. The molecule has 35 heavy (non-hydrogen) atoms. The first-order valence-corrected chi connectivity index (χ1v) is 12.6. The van der Waals surface area contributed by atoms with E-state index in [2.05, 4.69) is 38.4 Å². The minimum Gasteiger partial charge on any atom is -0.349 e. The number of nitrogens with zero attached hydrogens (tertiary/aromatic N) is 4. The van der Waals surface area contributed by atoms with Crippen molar-refractivity contribution in [3.63, 3.8) is 0 Å². The Balaban J connectivity index is 1.07. The molecule has 0 saturated heterocycles. The molecule has 1 saturated carbocycles. The van der Waals surface area contributed by atoms with Crippen molar-refractivity contribution in [2.45, 2.75) is 51.1 Å². The molecule has 3 aromatic rings. The van der Waals surface area contributed by atoms with Gasteiger partial charge in [0.2, 0.25) is 0 Å². The van der Waals surface area contributed by atoms with Crippen LogP contribution < -0.4 is 5.32 Å². The third-order valence-corrected chi connectivity index (χ3v) is 7.48. The maximum atomic E-state index is 12.9. The van der Waals surface area contributed by atoms with Gasteiger partial charge in [-0.2, -0.15) is 5.26 Å². The molecule has 1 aromatic heterocycles. The van der Waals surface area contributed by atoms with Crippen molar-refractivity contribution >= 4 is 5.91 Å². The zero-order valence-corrected chi connectivity index (χ0v) is 20.0. The zero-order chi connectivity index (χ0) is 24.0. The Hall–Kier alpha value is -3.56. The molecule has 0 spiro atoms. The van der Waals surface area contributed by atoms with Crippen LogP contribution in [0.5, 0.6) is 0 Å². The number of nitriles is 1. The van der Waals surface area contributed by atoms with Gasteiger partial charge >= 0.3 is 0 Å². The maximum absolute atomic E-state index is 12.9. The van der Waals surface area contributed by atoms with Gasteiger partial charge in [-0.1, -0.05) is 18.2 Å². The lowest BCUT2D eigenvalue weighted by atomic mass is 9.83. The van der Waals surface area contributed by atoms with E-state index in [1.165, 1.54) is 36.7 Å². The number of carbonyl (C=O) groups is 1. The molecule has 0 unspecified atom stereocenters. The molecule has 1 aliphatic heterocycles. The van der Waals surface area contributed by atoms with Gasteiger partial charge in [0.15, 0.2) is 0 Å². The fourth-order valence-electron chi connectivity index (χ4n) is 5.39. The first kappa shape index (κ1) is 23.2. The summed E-state index contributed by atoms with van der Waals surface area (Å²) >= 11 is 0. The number of hydrogen-bond donors (Lipinski definition) is 1. The van der Waals surface area contributed by atoms with Crippen LogP contribution in [0.2, 0.25) is 0 Å². The second-order valence-corrected chi connectivity index (χ2v) is 9.81. The number of hydrogen-bond acceptors (Lipinski definition) is 5. The van der Waals surface area contributed by atoms with Crippen molar-refractivity contribution in [2.24, 2.45) is 5.92 Å². The highest BCUT2D eigenvalue weighted by atomic mass is 16.1. The van der Waals surface area contributed by atoms with Gasteiger partial charge in [-0.05, 0) is 91.9 Å². The average Bonchev–Trinajstić information content (AvgIpc) is 2.93. The Labute approximate surface area is 207 Å². The number of amides is 1. The van der Waals surface area contributed by atoms with Gasteiger partial charge in [0, 0.05) is 42.7 Å². The van der Waals surface area contributed by atoms with E-state index in [4.69, 9.17) is 5.26 Å². The number of fused-ring (bicyclic) bond motifs is 1. The quantitative estimate of drug-likeness (QED) is 0.568. The second kappa shape index (κ2) is 10.8. The standard InChI is InChI=1S/C29H31N5O/c30-16-22-4-7-26-19-34(13-11-24(26)14-22)12-10-21-5-8-28(9-6-21)33-29(35)25-3-1-2-23(15-25)27-17-31-20-32-18-27/h1-4,7,14-15,17-18,20-21,28H,5-6,8-13,19H2,(H,33,35). The van der Waals surface area contributed by atoms with Gasteiger partial charge in [-0.25, -0.2) is 9.97 Å². The van der Waals surface area contributed by atoms with Crippen LogP contribution in [0.1, 0.15) is 59.2 Å². The Bertz CT molecular complexity index is 1210. The summed E-state index contributed by atoms with van der Waals surface area (Å²) in [6.45, 7) is 3.18. The molecule has 2 aromatic carbocycles. The number of aromatic nitrogens is 2. The Morgan fingerprint density at radius 1 is 1.03 bits per heavy atom. The molecule has 1 aliphatic carbocycles. The molecule has 2 heterocycles. The molecule has 0 radical (unpaired) electrons.